The van der Waals surface area contributed by atoms with E-state index in [0.29, 0.717) is 5.56 Å². The Morgan fingerprint density at radius 3 is 2.95 bits per heavy atom. The Bertz CT molecular complexity index is 539. The van der Waals surface area contributed by atoms with Gasteiger partial charge in [-0.05, 0) is 11.1 Å². The molecule has 1 heterocycles. The van der Waals surface area contributed by atoms with E-state index in [2.05, 4.69) is 15.0 Å². The summed E-state index contributed by atoms with van der Waals surface area (Å²) in [4.78, 5) is 18.5. The van der Waals surface area contributed by atoms with Crippen molar-refractivity contribution in [2.75, 3.05) is 13.7 Å². The number of hydrogen-bond donors (Lipinski definition) is 0. The highest BCUT2D eigenvalue weighted by Gasteiger charge is 2.49. The van der Waals surface area contributed by atoms with Crippen LogP contribution in [0.15, 0.2) is 40.4 Å². The lowest BCUT2D eigenvalue weighted by atomic mass is 9.86. The average molecular weight is 260 g/mol. The molecular formula is C12H12N4O3. The molecule has 0 radical (unpaired) electrons. The summed E-state index contributed by atoms with van der Waals surface area (Å²) in [6, 6.07) is 8.15. The predicted octanol–water partition coefficient (Wildman–Crippen LogP) is 1.79. The van der Waals surface area contributed by atoms with Crippen molar-refractivity contribution in [3.63, 3.8) is 0 Å². The fourth-order valence-electron chi connectivity index (χ4n) is 2.03. The predicted molar refractivity (Wildman–Crippen MR) is 67.5 cm³/mol. The van der Waals surface area contributed by atoms with E-state index in [-0.39, 0.29) is 6.54 Å². The molecule has 19 heavy (non-hydrogen) atoms. The van der Waals surface area contributed by atoms with Gasteiger partial charge < -0.3 is 9.47 Å². The summed E-state index contributed by atoms with van der Waals surface area (Å²) < 4.78 is 10.2. The van der Waals surface area contributed by atoms with Crippen LogP contribution in [0.1, 0.15) is 5.56 Å². The number of esters is 1. The van der Waals surface area contributed by atoms with Gasteiger partial charge in [0.25, 0.3) is 0 Å². The summed E-state index contributed by atoms with van der Waals surface area (Å²) >= 11 is 0. The van der Waals surface area contributed by atoms with E-state index >= 15 is 0 Å². The molecule has 1 aliphatic rings. The normalized spacial score (nSPS) is 24.4. The second-order valence-electron chi connectivity index (χ2n) is 3.94. The van der Waals surface area contributed by atoms with Gasteiger partial charge in [0, 0.05) is 4.91 Å². The summed E-state index contributed by atoms with van der Waals surface area (Å²) in [7, 11) is 1.28. The third-order valence-corrected chi connectivity index (χ3v) is 2.97. The smallest absolute Gasteiger partial charge is 0.335 e. The second kappa shape index (κ2) is 5.41. The van der Waals surface area contributed by atoms with Crippen LogP contribution in [0.4, 0.5) is 0 Å². The minimum Gasteiger partial charge on any atom is -0.469 e. The highest BCUT2D eigenvalue weighted by molar-refractivity contribution is 5.81. The van der Waals surface area contributed by atoms with Crippen LogP contribution in [0.25, 0.3) is 10.4 Å². The van der Waals surface area contributed by atoms with Gasteiger partial charge in [0.15, 0.2) is 18.0 Å². The summed E-state index contributed by atoms with van der Waals surface area (Å²) in [5, 5.41) is 3.54. The minimum atomic E-state index is -1.14. The average Bonchev–Trinajstić information content (AvgIpc) is 2.90. The molecule has 0 amide bonds. The van der Waals surface area contributed by atoms with Crippen molar-refractivity contribution in [3.05, 3.63) is 46.3 Å². The molecule has 0 bridgehead atoms. The molecule has 7 heteroatoms. The molecule has 2 rings (SSSR count). The lowest BCUT2D eigenvalue weighted by Gasteiger charge is -2.30. The zero-order valence-electron chi connectivity index (χ0n) is 10.3. The fraction of sp³-hybridized carbons (Fsp3) is 0.333. The van der Waals surface area contributed by atoms with Gasteiger partial charge in [0.1, 0.15) is 0 Å². The molecule has 2 atom stereocenters. The highest BCUT2D eigenvalue weighted by atomic mass is 16.5. The molecule has 0 spiro atoms. The quantitative estimate of drug-likeness (QED) is 0.357. The maximum absolute atomic E-state index is 11.8. The molecule has 1 aromatic rings. The van der Waals surface area contributed by atoms with Gasteiger partial charge in [0.05, 0.1) is 13.7 Å². The number of carbonyl (C=O) groups is 1. The number of carbonyl (C=O) groups excluding carboxylic acids is 1. The van der Waals surface area contributed by atoms with Gasteiger partial charge in [-0.2, -0.15) is 0 Å². The molecule has 0 N–H and O–H groups in total. The van der Waals surface area contributed by atoms with Crippen LogP contribution in [0.2, 0.25) is 0 Å². The van der Waals surface area contributed by atoms with E-state index in [9.17, 15) is 4.79 Å². The van der Waals surface area contributed by atoms with Gasteiger partial charge in [-0.15, -0.1) is 0 Å². The Morgan fingerprint density at radius 2 is 2.32 bits per heavy atom. The van der Waals surface area contributed by atoms with Gasteiger partial charge in [-0.25, -0.2) is 9.79 Å². The van der Waals surface area contributed by atoms with E-state index in [4.69, 9.17) is 15.0 Å². The maximum Gasteiger partial charge on any atom is 0.335 e. The summed E-state index contributed by atoms with van der Waals surface area (Å²) in [5.41, 5.74) is 8.08. The largest absolute Gasteiger partial charge is 0.469 e. The molecule has 1 aromatic carbocycles. The minimum absolute atomic E-state index is 0.0483. The molecule has 98 valence electrons. The number of azide groups is 1. The number of nitrogens with zero attached hydrogens (tertiary/aromatic N) is 4. The summed E-state index contributed by atoms with van der Waals surface area (Å²) in [6.45, 7) is -0.0483. The Morgan fingerprint density at radius 1 is 1.58 bits per heavy atom. The van der Waals surface area contributed by atoms with Crippen molar-refractivity contribution in [3.8, 4) is 0 Å². The lowest BCUT2D eigenvalue weighted by molar-refractivity contribution is -0.146. The monoisotopic (exact) mass is 260 g/mol. The van der Waals surface area contributed by atoms with Gasteiger partial charge in [0.2, 0.25) is 0 Å². The van der Waals surface area contributed by atoms with E-state index in [1.54, 1.807) is 12.1 Å². The zero-order chi connectivity index (χ0) is 13.7. The highest BCUT2D eigenvalue weighted by Crippen LogP contribution is 2.35. The standard InChI is InChI=1S/C12H12N4O3/c1-18-11(17)10-12(7-15-16-13,19-8-14-10)9-5-3-2-4-6-9/h2-6,8,10H,7H2,1H3/t10-,12-/m0/s1. The molecule has 0 aromatic heterocycles. The van der Waals surface area contributed by atoms with E-state index in [0.717, 1.165) is 0 Å². The SMILES string of the molecule is COC(=O)[C@@H]1N=CO[C@@]1(CN=[N+]=[N-])c1ccccc1. The first-order valence-electron chi connectivity index (χ1n) is 5.58. The summed E-state index contributed by atoms with van der Waals surface area (Å²) in [5.74, 6) is -0.536. The van der Waals surface area contributed by atoms with Crippen LogP contribution in [-0.4, -0.2) is 32.1 Å². The Hall–Kier alpha value is -2.53. The first-order chi connectivity index (χ1) is 9.24. The number of ether oxygens (including phenoxy) is 2. The summed E-state index contributed by atoms with van der Waals surface area (Å²) in [6.07, 6.45) is 1.20. The van der Waals surface area contributed by atoms with Crippen LogP contribution >= 0.6 is 0 Å². The van der Waals surface area contributed by atoms with Crippen molar-refractivity contribution in [1.82, 2.24) is 0 Å². The van der Waals surface area contributed by atoms with Crippen LogP contribution in [0.5, 0.6) is 0 Å². The van der Waals surface area contributed by atoms with Crippen LogP contribution < -0.4 is 0 Å². The zero-order valence-corrected chi connectivity index (χ0v) is 10.3. The molecule has 0 saturated heterocycles. The number of aliphatic imine (C=N–C) groups is 1. The molecule has 0 unspecified atom stereocenters. The van der Waals surface area contributed by atoms with Crippen LogP contribution in [-0.2, 0) is 19.9 Å². The van der Waals surface area contributed by atoms with Crippen molar-refractivity contribution >= 4 is 12.4 Å². The Labute approximate surface area is 109 Å². The number of hydrogen-bond acceptors (Lipinski definition) is 5. The van der Waals surface area contributed by atoms with Gasteiger partial charge in [-0.3, -0.25) is 0 Å². The number of rotatable bonds is 4. The topological polar surface area (TPSA) is 96.6 Å². The molecule has 7 nitrogen and oxygen atoms in total. The molecule has 0 fully saturated rings. The number of methoxy groups -OCH3 is 1. The number of benzene rings is 1. The van der Waals surface area contributed by atoms with E-state index in [1.165, 1.54) is 13.5 Å². The Balaban J connectivity index is 2.46. The molecular weight excluding hydrogens is 248 g/mol. The van der Waals surface area contributed by atoms with Crippen molar-refractivity contribution in [2.45, 2.75) is 11.6 Å². The Kier molecular flexibility index (Phi) is 3.68. The van der Waals surface area contributed by atoms with E-state index in [1.807, 2.05) is 18.2 Å². The lowest BCUT2D eigenvalue weighted by Crippen LogP contribution is -2.45. The van der Waals surface area contributed by atoms with Crippen molar-refractivity contribution in [2.24, 2.45) is 10.1 Å². The first kappa shape index (κ1) is 12.9. The molecule has 0 aliphatic carbocycles. The van der Waals surface area contributed by atoms with Crippen LogP contribution in [0.3, 0.4) is 0 Å². The van der Waals surface area contributed by atoms with Gasteiger partial charge >= 0.3 is 5.97 Å². The molecule has 1 aliphatic heterocycles. The van der Waals surface area contributed by atoms with Gasteiger partial charge in [-0.1, -0.05) is 35.4 Å². The van der Waals surface area contributed by atoms with Crippen molar-refractivity contribution < 1.29 is 14.3 Å². The molecule has 0 saturated carbocycles. The van der Waals surface area contributed by atoms with Crippen molar-refractivity contribution in [1.29, 1.82) is 0 Å². The van der Waals surface area contributed by atoms with E-state index < -0.39 is 17.6 Å². The third-order valence-electron chi connectivity index (χ3n) is 2.97. The first-order valence-corrected chi connectivity index (χ1v) is 5.58. The maximum atomic E-state index is 11.8. The fourth-order valence-corrected chi connectivity index (χ4v) is 2.03. The second-order valence-corrected chi connectivity index (χ2v) is 3.94. The third kappa shape index (κ3) is 2.23. The van der Waals surface area contributed by atoms with Crippen LogP contribution in [0, 0.1) is 0 Å².